The summed E-state index contributed by atoms with van der Waals surface area (Å²) in [5.41, 5.74) is 0.261. The van der Waals surface area contributed by atoms with E-state index in [1.807, 2.05) is 6.08 Å². The molecule has 4 aliphatic rings. The first-order valence-corrected chi connectivity index (χ1v) is 12.6. The fourth-order valence-electron chi connectivity index (χ4n) is 8.14. The number of hydrogen-bond acceptors (Lipinski definition) is 4. The summed E-state index contributed by atoms with van der Waals surface area (Å²) in [5.74, 6) is 1.66. The lowest BCUT2D eigenvalue weighted by atomic mass is 9.46. The molecule has 0 radical (unpaired) electrons. The first-order chi connectivity index (χ1) is 14.7. The number of carbonyl (C=O) groups is 3. The molecule has 4 heteroatoms. The summed E-state index contributed by atoms with van der Waals surface area (Å²) in [7, 11) is 0. The van der Waals surface area contributed by atoms with E-state index >= 15 is 0 Å². The zero-order chi connectivity index (χ0) is 22.4. The van der Waals surface area contributed by atoms with E-state index in [0.717, 1.165) is 57.8 Å². The summed E-state index contributed by atoms with van der Waals surface area (Å²) in [6.07, 6.45) is 12.6. The lowest BCUT2D eigenvalue weighted by Crippen LogP contribution is -2.58. The average molecular weight is 429 g/mol. The fraction of sp³-hybridized carbons (Fsp3) is 0.815. The molecule has 4 rings (SSSR count). The monoisotopic (exact) mass is 428 g/mol. The summed E-state index contributed by atoms with van der Waals surface area (Å²) >= 11 is 0. The molecular formula is C27H40O4. The molecule has 172 valence electrons. The van der Waals surface area contributed by atoms with Gasteiger partial charge in [0.25, 0.3) is 0 Å². The van der Waals surface area contributed by atoms with Crippen LogP contribution in [0.25, 0.3) is 0 Å². The van der Waals surface area contributed by atoms with Crippen LogP contribution in [0.2, 0.25) is 0 Å². The number of hydrogen-bond donors (Lipinski definition) is 0. The average Bonchev–Trinajstić information content (AvgIpc) is 3.02. The Hall–Kier alpha value is -1.45. The minimum atomic E-state index is -0.953. The number of unbranched alkanes of at least 4 members (excludes halogenated alkanes) is 2. The summed E-state index contributed by atoms with van der Waals surface area (Å²) in [6.45, 7) is 8.37. The normalized spacial score (nSPS) is 41.6. The van der Waals surface area contributed by atoms with Gasteiger partial charge in [-0.25, -0.2) is 0 Å². The van der Waals surface area contributed by atoms with Gasteiger partial charge in [-0.3, -0.25) is 14.4 Å². The quantitative estimate of drug-likeness (QED) is 0.386. The Morgan fingerprint density at radius 3 is 2.48 bits per heavy atom. The molecule has 3 fully saturated rings. The highest BCUT2D eigenvalue weighted by Crippen LogP contribution is 2.68. The molecule has 4 nitrogen and oxygen atoms in total. The van der Waals surface area contributed by atoms with Crippen molar-refractivity contribution in [1.29, 1.82) is 0 Å². The molecule has 4 aliphatic carbocycles. The molecule has 0 unspecified atom stereocenters. The van der Waals surface area contributed by atoms with Crippen molar-refractivity contribution in [2.24, 2.45) is 28.6 Å². The predicted molar refractivity (Wildman–Crippen MR) is 120 cm³/mol. The van der Waals surface area contributed by atoms with Gasteiger partial charge >= 0.3 is 5.97 Å². The second-order valence-electron chi connectivity index (χ2n) is 11.3. The Kier molecular flexibility index (Phi) is 5.98. The lowest BCUT2D eigenvalue weighted by molar-refractivity contribution is -0.189. The van der Waals surface area contributed by atoms with Crippen LogP contribution in [0, 0.1) is 28.6 Å². The minimum absolute atomic E-state index is 0.0330. The molecule has 31 heavy (non-hydrogen) atoms. The van der Waals surface area contributed by atoms with Crippen molar-refractivity contribution in [3.05, 3.63) is 11.6 Å². The van der Waals surface area contributed by atoms with Gasteiger partial charge in [0.1, 0.15) is 0 Å². The molecule has 0 heterocycles. The number of ether oxygens (including phenoxy) is 1. The lowest BCUT2D eigenvalue weighted by Gasteiger charge is -2.59. The highest BCUT2D eigenvalue weighted by Gasteiger charge is 2.67. The van der Waals surface area contributed by atoms with Gasteiger partial charge in [0, 0.05) is 18.3 Å². The third-order valence-corrected chi connectivity index (χ3v) is 9.92. The first kappa shape index (κ1) is 22.7. The van der Waals surface area contributed by atoms with Crippen LogP contribution in [0.3, 0.4) is 0 Å². The van der Waals surface area contributed by atoms with Gasteiger partial charge in [0.15, 0.2) is 17.2 Å². The van der Waals surface area contributed by atoms with Gasteiger partial charge in [0.2, 0.25) is 0 Å². The van der Waals surface area contributed by atoms with Crippen molar-refractivity contribution in [1.82, 2.24) is 0 Å². The van der Waals surface area contributed by atoms with E-state index in [2.05, 4.69) is 20.8 Å². The predicted octanol–water partition coefficient (Wildman–Crippen LogP) is 5.97. The number of carbonyl (C=O) groups excluding carboxylic acids is 3. The summed E-state index contributed by atoms with van der Waals surface area (Å²) in [5, 5.41) is 0. The molecule has 0 aliphatic heterocycles. The van der Waals surface area contributed by atoms with Crippen LogP contribution in [-0.4, -0.2) is 23.1 Å². The van der Waals surface area contributed by atoms with Gasteiger partial charge in [-0.05, 0) is 87.5 Å². The molecule has 0 spiro atoms. The number of esters is 1. The topological polar surface area (TPSA) is 60.4 Å². The molecule has 6 atom stereocenters. The highest BCUT2D eigenvalue weighted by molar-refractivity contribution is 5.91. The number of allylic oxidation sites excluding steroid dienone is 1. The molecule has 0 aromatic heterocycles. The van der Waals surface area contributed by atoms with Crippen LogP contribution in [0.5, 0.6) is 0 Å². The SMILES string of the molecule is CCCCCC(=O)O[C@@]1(C(C)=O)CC[C@@H]2[C@H]3CCC4=CC(=O)CC[C@]4(C)[C@@H]3CC[C@]21C. The second kappa shape index (κ2) is 8.15. The Morgan fingerprint density at radius 1 is 1.03 bits per heavy atom. The maximum absolute atomic E-state index is 13.1. The number of Topliss-reactive ketones (excluding diaryl/α,β-unsaturated/α-hetero) is 1. The Balaban J connectivity index is 1.59. The molecule has 3 saturated carbocycles. The van der Waals surface area contributed by atoms with Gasteiger partial charge in [-0.2, -0.15) is 0 Å². The van der Waals surface area contributed by atoms with Crippen LogP contribution in [0.15, 0.2) is 11.6 Å². The minimum Gasteiger partial charge on any atom is -0.450 e. The molecule has 0 aromatic rings. The maximum Gasteiger partial charge on any atom is 0.306 e. The van der Waals surface area contributed by atoms with Crippen molar-refractivity contribution in [2.75, 3.05) is 0 Å². The molecule has 0 bridgehead atoms. The van der Waals surface area contributed by atoms with E-state index in [1.54, 1.807) is 6.92 Å². The molecule has 0 aromatic carbocycles. The zero-order valence-electron chi connectivity index (χ0n) is 19.9. The largest absolute Gasteiger partial charge is 0.450 e. The number of fused-ring (bicyclic) bond motifs is 5. The third kappa shape index (κ3) is 3.43. The second-order valence-corrected chi connectivity index (χ2v) is 11.3. The van der Waals surface area contributed by atoms with Gasteiger partial charge in [-0.15, -0.1) is 0 Å². The first-order valence-electron chi connectivity index (χ1n) is 12.6. The number of rotatable bonds is 6. The van der Waals surface area contributed by atoms with Crippen LogP contribution in [-0.2, 0) is 19.1 Å². The molecule has 0 N–H and O–H groups in total. The Morgan fingerprint density at radius 2 is 1.77 bits per heavy atom. The molecule has 0 saturated heterocycles. The van der Waals surface area contributed by atoms with Crippen molar-refractivity contribution in [3.8, 4) is 0 Å². The van der Waals surface area contributed by atoms with Crippen molar-refractivity contribution >= 4 is 17.5 Å². The van der Waals surface area contributed by atoms with Crippen LogP contribution in [0.4, 0.5) is 0 Å². The van der Waals surface area contributed by atoms with Crippen molar-refractivity contribution in [3.63, 3.8) is 0 Å². The maximum atomic E-state index is 13.1. The summed E-state index contributed by atoms with van der Waals surface area (Å²) in [6, 6.07) is 0. The van der Waals surface area contributed by atoms with Crippen molar-refractivity contribution < 1.29 is 19.1 Å². The van der Waals surface area contributed by atoms with E-state index in [9.17, 15) is 14.4 Å². The number of ketones is 2. The van der Waals surface area contributed by atoms with Gasteiger partial charge < -0.3 is 4.74 Å². The molecule has 0 amide bonds. The highest BCUT2D eigenvalue weighted by atomic mass is 16.6. The molecular weight excluding hydrogens is 388 g/mol. The van der Waals surface area contributed by atoms with E-state index in [-0.39, 0.29) is 28.4 Å². The standard InChI is InChI=1S/C27H40O4/c1-5-6-7-8-24(30)31-27(18(2)28)16-13-23-21-10-9-19-17-20(29)11-14-25(19,3)22(21)12-15-26(23,27)4/h17,21-23H,5-16H2,1-4H3/t21-,22+,23+,25-,26+,27+/m0/s1. The zero-order valence-corrected chi connectivity index (χ0v) is 19.9. The van der Waals surface area contributed by atoms with Crippen LogP contribution < -0.4 is 0 Å². The van der Waals surface area contributed by atoms with Gasteiger partial charge in [-0.1, -0.05) is 39.2 Å². The van der Waals surface area contributed by atoms with Gasteiger partial charge in [0.05, 0.1) is 0 Å². The van der Waals surface area contributed by atoms with Crippen LogP contribution >= 0.6 is 0 Å². The van der Waals surface area contributed by atoms with E-state index in [4.69, 9.17) is 4.74 Å². The summed E-state index contributed by atoms with van der Waals surface area (Å²) in [4.78, 5) is 37.8. The third-order valence-electron chi connectivity index (χ3n) is 9.92. The van der Waals surface area contributed by atoms with E-state index < -0.39 is 5.60 Å². The smallest absolute Gasteiger partial charge is 0.306 e. The van der Waals surface area contributed by atoms with Crippen molar-refractivity contribution in [2.45, 2.75) is 110 Å². The Labute approximate surface area is 187 Å². The summed E-state index contributed by atoms with van der Waals surface area (Å²) < 4.78 is 6.16. The fourth-order valence-corrected chi connectivity index (χ4v) is 8.14. The van der Waals surface area contributed by atoms with E-state index in [0.29, 0.717) is 37.0 Å². The Bertz CT molecular complexity index is 797. The van der Waals surface area contributed by atoms with E-state index in [1.165, 1.54) is 5.57 Å². The van der Waals surface area contributed by atoms with Crippen LogP contribution in [0.1, 0.15) is 105 Å².